The number of hydrogen-bond acceptors (Lipinski definition) is 3. The van der Waals surface area contributed by atoms with E-state index in [4.69, 9.17) is 0 Å². The Balaban J connectivity index is 1.68. The number of aromatic hydroxyl groups is 1. The summed E-state index contributed by atoms with van der Waals surface area (Å²) in [6, 6.07) is 25.4. The van der Waals surface area contributed by atoms with E-state index in [0.29, 0.717) is 11.3 Å². The molecular formula is C25H17N3O. The number of hydrogen-bond donors (Lipinski definition) is 1. The Morgan fingerprint density at radius 2 is 1.59 bits per heavy atom. The zero-order chi connectivity index (χ0) is 19.5. The summed E-state index contributed by atoms with van der Waals surface area (Å²) in [5.74, 6) is 0.163. The van der Waals surface area contributed by atoms with Crippen molar-refractivity contribution in [3.63, 3.8) is 0 Å². The van der Waals surface area contributed by atoms with Crippen molar-refractivity contribution in [2.45, 2.75) is 6.92 Å². The van der Waals surface area contributed by atoms with E-state index in [2.05, 4.69) is 76.7 Å². The molecule has 0 aliphatic heterocycles. The molecular weight excluding hydrogens is 358 g/mol. The van der Waals surface area contributed by atoms with E-state index in [1.807, 2.05) is 6.07 Å². The first-order valence-electron chi connectivity index (χ1n) is 9.58. The summed E-state index contributed by atoms with van der Waals surface area (Å²) in [5, 5.41) is 15.3. The van der Waals surface area contributed by atoms with Gasteiger partial charge in [0.05, 0.1) is 17.2 Å². The summed E-state index contributed by atoms with van der Waals surface area (Å²) in [7, 11) is 0. The molecule has 6 aromatic rings. The predicted molar refractivity (Wildman–Crippen MR) is 117 cm³/mol. The molecule has 0 unspecified atom stereocenters. The smallest absolute Gasteiger partial charge is 0.219 e. The Morgan fingerprint density at radius 3 is 2.45 bits per heavy atom. The van der Waals surface area contributed by atoms with E-state index < -0.39 is 0 Å². The summed E-state index contributed by atoms with van der Waals surface area (Å²) in [6.07, 6.45) is 1.71. The first kappa shape index (κ1) is 16.1. The second-order valence-electron chi connectivity index (χ2n) is 7.37. The number of rotatable bonds is 1. The molecule has 0 aliphatic carbocycles. The van der Waals surface area contributed by atoms with Crippen LogP contribution in [0.15, 0.2) is 79.0 Å². The predicted octanol–water partition coefficient (Wildman–Crippen LogP) is 5.87. The summed E-state index contributed by atoms with van der Waals surface area (Å²) in [4.78, 5) is 8.97. The van der Waals surface area contributed by atoms with Gasteiger partial charge in [-0.05, 0) is 57.8 Å². The van der Waals surface area contributed by atoms with E-state index >= 15 is 0 Å². The standard InChI is InChI=1S/C25H17N3O/c1-15-25(29)28-23-11-10-17(13-22(23)26-14-24(28)27-15)21-12-16-6-2-3-7-18(16)19-8-4-5-9-20(19)21/h2-14,29H,1H3. The number of aryl methyl sites for hydroxylation is 1. The van der Waals surface area contributed by atoms with E-state index in [9.17, 15) is 5.11 Å². The molecule has 29 heavy (non-hydrogen) atoms. The average molecular weight is 375 g/mol. The molecule has 0 spiro atoms. The van der Waals surface area contributed by atoms with Crippen LogP contribution in [0.4, 0.5) is 0 Å². The van der Waals surface area contributed by atoms with Gasteiger partial charge < -0.3 is 5.11 Å². The molecule has 4 heteroatoms. The minimum absolute atomic E-state index is 0.163. The van der Waals surface area contributed by atoms with Crippen LogP contribution in [0.2, 0.25) is 0 Å². The normalized spacial score (nSPS) is 11.8. The zero-order valence-electron chi connectivity index (χ0n) is 15.8. The summed E-state index contributed by atoms with van der Waals surface area (Å²) >= 11 is 0. The highest BCUT2D eigenvalue weighted by Gasteiger charge is 2.13. The van der Waals surface area contributed by atoms with E-state index in [1.54, 1.807) is 17.5 Å². The molecule has 4 aromatic carbocycles. The lowest BCUT2D eigenvalue weighted by Crippen LogP contribution is -1.92. The van der Waals surface area contributed by atoms with Gasteiger partial charge in [-0.25, -0.2) is 4.98 Å². The average Bonchev–Trinajstić information content (AvgIpc) is 3.06. The molecule has 0 aliphatic rings. The number of aromatic nitrogens is 3. The van der Waals surface area contributed by atoms with Crippen LogP contribution in [0.1, 0.15) is 5.69 Å². The molecule has 2 aromatic heterocycles. The van der Waals surface area contributed by atoms with Gasteiger partial charge in [-0.1, -0.05) is 54.6 Å². The Labute approximate surface area is 166 Å². The van der Waals surface area contributed by atoms with Crippen LogP contribution in [0.3, 0.4) is 0 Å². The van der Waals surface area contributed by atoms with Gasteiger partial charge in [0.15, 0.2) is 5.65 Å². The Morgan fingerprint density at radius 1 is 0.828 bits per heavy atom. The first-order chi connectivity index (χ1) is 14.2. The van der Waals surface area contributed by atoms with Gasteiger partial charge in [0.25, 0.3) is 0 Å². The molecule has 0 saturated carbocycles. The molecule has 4 nitrogen and oxygen atoms in total. The van der Waals surface area contributed by atoms with Crippen LogP contribution in [-0.2, 0) is 0 Å². The lowest BCUT2D eigenvalue weighted by atomic mass is 9.93. The van der Waals surface area contributed by atoms with Crippen LogP contribution < -0.4 is 0 Å². The quantitative estimate of drug-likeness (QED) is 0.366. The van der Waals surface area contributed by atoms with Gasteiger partial charge in [0.2, 0.25) is 5.88 Å². The van der Waals surface area contributed by atoms with E-state index in [0.717, 1.165) is 16.6 Å². The molecule has 0 radical (unpaired) electrons. The maximum atomic E-state index is 10.4. The highest BCUT2D eigenvalue weighted by Crippen LogP contribution is 2.36. The molecule has 0 bridgehead atoms. The third kappa shape index (κ3) is 2.26. The fraction of sp³-hybridized carbons (Fsp3) is 0.0400. The second-order valence-corrected chi connectivity index (χ2v) is 7.37. The van der Waals surface area contributed by atoms with Crippen molar-refractivity contribution in [3.05, 3.63) is 84.7 Å². The lowest BCUT2D eigenvalue weighted by molar-refractivity contribution is 0.446. The van der Waals surface area contributed by atoms with Crippen molar-refractivity contribution < 1.29 is 5.11 Å². The third-order valence-electron chi connectivity index (χ3n) is 5.66. The summed E-state index contributed by atoms with van der Waals surface area (Å²) in [5.41, 5.74) is 5.19. The van der Waals surface area contributed by atoms with E-state index in [1.165, 1.54) is 27.1 Å². The van der Waals surface area contributed by atoms with Crippen LogP contribution >= 0.6 is 0 Å². The molecule has 0 atom stereocenters. The third-order valence-corrected chi connectivity index (χ3v) is 5.66. The summed E-state index contributed by atoms with van der Waals surface area (Å²) in [6.45, 7) is 1.80. The first-order valence-corrected chi connectivity index (χ1v) is 9.58. The van der Waals surface area contributed by atoms with Crippen LogP contribution in [0, 0.1) is 6.92 Å². The van der Waals surface area contributed by atoms with Crippen molar-refractivity contribution >= 4 is 38.2 Å². The van der Waals surface area contributed by atoms with Gasteiger partial charge in [0.1, 0.15) is 5.69 Å². The van der Waals surface area contributed by atoms with Gasteiger partial charge in [0, 0.05) is 0 Å². The van der Waals surface area contributed by atoms with Gasteiger partial charge in [-0.15, -0.1) is 0 Å². The fourth-order valence-corrected chi connectivity index (χ4v) is 4.27. The topological polar surface area (TPSA) is 50.4 Å². The molecule has 2 heterocycles. The molecule has 138 valence electrons. The molecule has 0 amide bonds. The highest BCUT2D eigenvalue weighted by molar-refractivity contribution is 6.14. The largest absolute Gasteiger partial charge is 0.493 e. The molecule has 6 rings (SSSR count). The molecule has 1 N–H and O–H groups in total. The van der Waals surface area contributed by atoms with Crippen molar-refractivity contribution in [2.24, 2.45) is 0 Å². The minimum Gasteiger partial charge on any atom is -0.493 e. The minimum atomic E-state index is 0.163. The van der Waals surface area contributed by atoms with E-state index in [-0.39, 0.29) is 5.88 Å². The number of imidazole rings is 1. The van der Waals surface area contributed by atoms with Gasteiger partial charge in [-0.2, -0.15) is 0 Å². The fourth-order valence-electron chi connectivity index (χ4n) is 4.27. The number of nitrogens with zero attached hydrogens (tertiary/aromatic N) is 3. The van der Waals surface area contributed by atoms with Gasteiger partial charge >= 0.3 is 0 Å². The van der Waals surface area contributed by atoms with Crippen molar-refractivity contribution in [2.75, 3.05) is 0 Å². The van der Waals surface area contributed by atoms with Crippen LogP contribution in [-0.4, -0.2) is 19.5 Å². The zero-order valence-corrected chi connectivity index (χ0v) is 15.8. The lowest BCUT2D eigenvalue weighted by Gasteiger charge is -2.12. The summed E-state index contributed by atoms with van der Waals surface area (Å²) < 4.78 is 1.75. The Bertz CT molecular complexity index is 1580. The monoisotopic (exact) mass is 375 g/mol. The maximum Gasteiger partial charge on any atom is 0.219 e. The highest BCUT2D eigenvalue weighted by atomic mass is 16.3. The van der Waals surface area contributed by atoms with Crippen LogP contribution in [0.25, 0.3) is 49.4 Å². The maximum absolute atomic E-state index is 10.4. The Kier molecular flexibility index (Phi) is 3.21. The van der Waals surface area contributed by atoms with Crippen molar-refractivity contribution in [1.82, 2.24) is 14.4 Å². The van der Waals surface area contributed by atoms with Crippen LogP contribution in [0.5, 0.6) is 5.88 Å². The molecule has 0 saturated heterocycles. The number of benzene rings is 4. The van der Waals surface area contributed by atoms with Crippen molar-refractivity contribution in [1.29, 1.82) is 0 Å². The SMILES string of the molecule is Cc1nc2cnc3cc(-c4cc5ccccc5c5ccccc45)ccc3n2c1O. The Hall–Kier alpha value is -3.92. The number of fused-ring (bicyclic) bond motifs is 6. The van der Waals surface area contributed by atoms with Gasteiger partial charge in [-0.3, -0.25) is 9.38 Å². The second kappa shape index (κ2) is 5.79. The molecule has 0 fully saturated rings. The van der Waals surface area contributed by atoms with Crippen molar-refractivity contribution in [3.8, 4) is 17.0 Å².